The molecule has 3 N–H and O–H groups in total. The number of phenols is 1. The number of carbonyl (C=O) groups excluding carboxylic acids is 2. The lowest BCUT2D eigenvalue weighted by molar-refractivity contribution is -0.132. The summed E-state index contributed by atoms with van der Waals surface area (Å²) in [6, 6.07) is 10.9. The number of Topliss-reactive ketones (excluding diaryl/α,β-unsaturated/α-hetero) is 1. The summed E-state index contributed by atoms with van der Waals surface area (Å²) in [5, 5.41) is 22.2. The molecule has 1 amide bonds. The molecule has 0 saturated carbocycles. The van der Waals surface area contributed by atoms with Crippen LogP contribution in [0.3, 0.4) is 0 Å². The standard InChI is InChI=1S/C24H21ClN2O5S/c1-13-22(33-14(2)26-13)12-20(24(31)32)27-23(30)18-8-7-16(11-19(18)25)21(29)9-6-15-4-3-5-17(28)10-15/h3-5,7-8,10-12,28H,6,9H2,1-2H3,(H,27,30)(H,31,32)/b20-12-. The molecule has 3 rings (SSSR count). The summed E-state index contributed by atoms with van der Waals surface area (Å²) in [7, 11) is 0. The highest BCUT2D eigenvalue weighted by atomic mass is 35.5. The van der Waals surface area contributed by atoms with E-state index in [0.29, 0.717) is 22.6 Å². The maximum atomic E-state index is 12.7. The molecule has 1 aromatic heterocycles. The minimum Gasteiger partial charge on any atom is -0.508 e. The zero-order valence-corrected chi connectivity index (χ0v) is 19.5. The Labute approximate surface area is 199 Å². The van der Waals surface area contributed by atoms with Crippen LogP contribution in [0.15, 0.2) is 48.2 Å². The molecule has 2 aromatic carbocycles. The van der Waals surface area contributed by atoms with Crippen LogP contribution >= 0.6 is 22.9 Å². The molecule has 7 nitrogen and oxygen atoms in total. The third kappa shape index (κ3) is 6.27. The van der Waals surface area contributed by atoms with Gasteiger partial charge in [0.1, 0.15) is 11.4 Å². The Morgan fingerprint density at radius 2 is 1.91 bits per heavy atom. The van der Waals surface area contributed by atoms with Crippen LogP contribution in [0.25, 0.3) is 6.08 Å². The van der Waals surface area contributed by atoms with Gasteiger partial charge in [-0.2, -0.15) is 0 Å². The molecule has 33 heavy (non-hydrogen) atoms. The number of carboxylic acid groups (broad SMARTS) is 1. The summed E-state index contributed by atoms with van der Waals surface area (Å²) in [5.74, 6) is -2.04. The van der Waals surface area contributed by atoms with E-state index in [4.69, 9.17) is 11.6 Å². The molecule has 0 bridgehead atoms. The number of thiazole rings is 1. The van der Waals surface area contributed by atoms with E-state index in [1.54, 1.807) is 32.0 Å². The number of aromatic hydroxyl groups is 1. The van der Waals surface area contributed by atoms with Gasteiger partial charge in [0, 0.05) is 12.0 Å². The van der Waals surface area contributed by atoms with Crippen LogP contribution in [-0.2, 0) is 11.2 Å². The van der Waals surface area contributed by atoms with Crippen molar-refractivity contribution >= 4 is 46.7 Å². The summed E-state index contributed by atoms with van der Waals surface area (Å²) in [5.41, 5.74) is 1.56. The van der Waals surface area contributed by atoms with Crippen molar-refractivity contribution in [2.45, 2.75) is 26.7 Å². The third-order valence-electron chi connectivity index (χ3n) is 4.78. The number of hydrogen-bond donors (Lipinski definition) is 3. The molecule has 0 saturated heterocycles. The molecule has 170 valence electrons. The number of ketones is 1. The first kappa shape index (κ1) is 24.2. The van der Waals surface area contributed by atoms with E-state index in [1.165, 1.54) is 35.6 Å². The number of phenolic OH excluding ortho intramolecular Hbond substituents is 1. The molecule has 0 aliphatic heterocycles. The average Bonchev–Trinajstić information content (AvgIpc) is 3.07. The van der Waals surface area contributed by atoms with Gasteiger partial charge < -0.3 is 15.5 Å². The van der Waals surface area contributed by atoms with Crippen LogP contribution in [0.4, 0.5) is 0 Å². The number of benzene rings is 2. The first-order chi connectivity index (χ1) is 15.6. The lowest BCUT2D eigenvalue weighted by atomic mass is 10.0. The molecule has 3 aromatic rings. The fourth-order valence-electron chi connectivity index (χ4n) is 3.14. The summed E-state index contributed by atoms with van der Waals surface area (Å²) in [6.07, 6.45) is 1.99. The first-order valence-corrected chi connectivity index (χ1v) is 11.1. The van der Waals surface area contributed by atoms with E-state index in [9.17, 15) is 24.6 Å². The second-order valence-corrected chi connectivity index (χ2v) is 8.93. The van der Waals surface area contributed by atoms with Gasteiger partial charge in [0.15, 0.2) is 5.78 Å². The van der Waals surface area contributed by atoms with Crippen molar-refractivity contribution in [2.75, 3.05) is 0 Å². The second-order valence-electron chi connectivity index (χ2n) is 7.29. The van der Waals surface area contributed by atoms with Gasteiger partial charge in [-0.05, 0) is 56.2 Å². The number of carboxylic acids is 1. The van der Waals surface area contributed by atoms with Gasteiger partial charge in [-0.3, -0.25) is 9.59 Å². The molecule has 0 fully saturated rings. The van der Waals surface area contributed by atoms with Crippen molar-refractivity contribution in [3.63, 3.8) is 0 Å². The van der Waals surface area contributed by atoms with Gasteiger partial charge in [-0.15, -0.1) is 11.3 Å². The summed E-state index contributed by atoms with van der Waals surface area (Å²) < 4.78 is 0. The predicted octanol–water partition coefficient (Wildman–Crippen LogP) is 4.79. The molecule has 0 spiro atoms. The van der Waals surface area contributed by atoms with Gasteiger partial charge in [0.2, 0.25) is 0 Å². The van der Waals surface area contributed by atoms with E-state index in [2.05, 4.69) is 10.3 Å². The number of nitrogens with one attached hydrogen (secondary N) is 1. The van der Waals surface area contributed by atoms with Crippen molar-refractivity contribution in [1.29, 1.82) is 0 Å². The number of aliphatic carboxylic acids is 1. The van der Waals surface area contributed by atoms with Gasteiger partial charge in [-0.25, -0.2) is 9.78 Å². The molecule has 0 aliphatic carbocycles. The van der Waals surface area contributed by atoms with Crippen molar-refractivity contribution in [2.24, 2.45) is 0 Å². The number of amides is 1. The Morgan fingerprint density at radius 1 is 1.15 bits per heavy atom. The Bertz CT molecular complexity index is 1270. The zero-order valence-electron chi connectivity index (χ0n) is 17.9. The Kier molecular flexibility index (Phi) is 7.63. The summed E-state index contributed by atoms with van der Waals surface area (Å²) in [6.45, 7) is 3.56. The van der Waals surface area contributed by atoms with Crippen LogP contribution in [-0.4, -0.2) is 32.9 Å². The summed E-state index contributed by atoms with van der Waals surface area (Å²) in [4.78, 5) is 41.7. The Balaban J connectivity index is 1.72. The fraction of sp³-hybridized carbons (Fsp3) is 0.167. The normalized spacial score (nSPS) is 11.3. The molecular formula is C24H21ClN2O5S. The molecule has 0 aliphatic rings. The highest BCUT2D eigenvalue weighted by molar-refractivity contribution is 7.12. The van der Waals surface area contributed by atoms with Gasteiger partial charge in [0.25, 0.3) is 5.91 Å². The maximum Gasteiger partial charge on any atom is 0.352 e. The van der Waals surface area contributed by atoms with E-state index >= 15 is 0 Å². The van der Waals surface area contributed by atoms with Crippen molar-refractivity contribution < 1.29 is 24.6 Å². The maximum absolute atomic E-state index is 12.7. The molecule has 0 atom stereocenters. The quantitative estimate of drug-likeness (QED) is 0.312. The number of carbonyl (C=O) groups is 3. The van der Waals surface area contributed by atoms with Gasteiger partial charge >= 0.3 is 5.97 Å². The summed E-state index contributed by atoms with van der Waals surface area (Å²) >= 11 is 7.55. The number of nitrogens with zero attached hydrogens (tertiary/aromatic N) is 1. The Hall–Kier alpha value is -3.49. The number of rotatable bonds is 8. The lowest BCUT2D eigenvalue weighted by Crippen LogP contribution is -2.27. The number of aryl methyl sites for hydroxylation is 3. The highest BCUT2D eigenvalue weighted by Gasteiger charge is 2.18. The van der Waals surface area contributed by atoms with E-state index < -0.39 is 11.9 Å². The van der Waals surface area contributed by atoms with Crippen LogP contribution in [0.1, 0.15) is 48.3 Å². The lowest BCUT2D eigenvalue weighted by Gasteiger charge is -2.09. The topological polar surface area (TPSA) is 117 Å². The number of aromatic nitrogens is 1. The highest BCUT2D eigenvalue weighted by Crippen LogP contribution is 2.22. The van der Waals surface area contributed by atoms with Crippen molar-refractivity contribution in [3.8, 4) is 5.75 Å². The largest absolute Gasteiger partial charge is 0.508 e. The molecule has 9 heteroatoms. The molecule has 0 radical (unpaired) electrons. The monoisotopic (exact) mass is 484 g/mol. The van der Waals surface area contributed by atoms with Gasteiger partial charge in [-0.1, -0.05) is 29.8 Å². The SMILES string of the molecule is Cc1nc(C)c(/C=C(\NC(=O)c2ccc(C(=O)CCc3cccc(O)c3)cc2Cl)C(=O)O)s1. The average molecular weight is 485 g/mol. The van der Waals surface area contributed by atoms with Crippen molar-refractivity contribution in [1.82, 2.24) is 10.3 Å². The zero-order chi connectivity index (χ0) is 24.1. The minimum atomic E-state index is -1.30. The second kappa shape index (κ2) is 10.4. The number of hydrogen-bond acceptors (Lipinski definition) is 6. The van der Waals surface area contributed by atoms with E-state index in [-0.39, 0.29) is 34.2 Å². The van der Waals surface area contributed by atoms with Crippen molar-refractivity contribution in [3.05, 3.63) is 85.5 Å². The minimum absolute atomic E-state index is 0.0326. The third-order valence-corrected chi connectivity index (χ3v) is 6.11. The fourth-order valence-corrected chi connectivity index (χ4v) is 4.28. The van der Waals surface area contributed by atoms with E-state index in [0.717, 1.165) is 10.6 Å². The smallest absolute Gasteiger partial charge is 0.352 e. The van der Waals surface area contributed by atoms with Crippen LogP contribution in [0, 0.1) is 13.8 Å². The molecular weight excluding hydrogens is 464 g/mol. The van der Waals surface area contributed by atoms with E-state index in [1.807, 2.05) is 6.07 Å². The first-order valence-electron chi connectivity index (χ1n) is 9.95. The van der Waals surface area contributed by atoms with Crippen LogP contribution in [0.5, 0.6) is 5.75 Å². The number of halogens is 1. The van der Waals surface area contributed by atoms with Crippen LogP contribution < -0.4 is 5.32 Å². The predicted molar refractivity (Wildman–Crippen MR) is 127 cm³/mol. The van der Waals surface area contributed by atoms with Gasteiger partial charge in [0.05, 0.1) is 26.2 Å². The Morgan fingerprint density at radius 3 is 2.52 bits per heavy atom. The van der Waals surface area contributed by atoms with Crippen LogP contribution in [0.2, 0.25) is 5.02 Å². The molecule has 1 heterocycles. The molecule has 0 unspecified atom stereocenters.